The van der Waals surface area contributed by atoms with E-state index in [1.807, 2.05) is 4.90 Å². The van der Waals surface area contributed by atoms with Crippen molar-refractivity contribution >= 4 is 32.5 Å². The number of rotatable bonds is 4. The summed E-state index contributed by atoms with van der Waals surface area (Å²) >= 11 is 0. The number of fused-ring (bicyclic) bond motifs is 1. The molecular weight excluding hydrogens is 471 g/mol. The third kappa shape index (κ3) is 4.41. The predicted octanol–water partition coefficient (Wildman–Crippen LogP) is 3.03. The molecule has 1 saturated heterocycles. The molecule has 0 radical (unpaired) electrons. The number of nitrogens with one attached hydrogen (secondary N) is 2. The second kappa shape index (κ2) is 7.80. The van der Waals surface area contributed by atoms with Crippen molar-refractivity contribution in [3.63, 3.8) is 0 Å². The number of hydrogen-bond donors (Lipinski definition) is 3. The van der Waals surface area contributed by atoms with E-state index >= 15 is 0 Å². The molecule has 0 unspecified atom stereocenters. The first kappa shape index (κ1) is 22.8. The number of hydrogen-bond acceptors (Lipinski definition) is 8. The van der Waals surface area contributed by atoms with Gasteiger partial charge in [0.05, 0.1) is 28.4 Å². The quantitative estimate of drug-likeness (QED) is 0.509. The van der Waals surface area contributed by atoms with Crippen LogP contribution in [-0.2, 0) is 15.9 Å². The molecule has 0 bridgehead atoms. The Labute approximate surface area is 194 Å². The maximum atomic E-state index is 13.3. The number of benzene rings is 1. The molecule has 2 fully saturated rings. The van der Waals surface area contributed by atoms with Crippen LogP contribution in [0.15, 0.2) is 30.5 Å². The van der Waals surface area contributed by atoms with E-state index in [0.29, 0.717) is 42.8 Å². The molecule has 1 saturated carbocycles. The third-order valence-corrected chi connectivity index (χ3v) is 7.90. The van der Waals surface area contributed by atoms with Gasteiger partial charge in [-0.2, -0.15) is 28.2 Å². The van der Waals surface area contributed by atoms with Crippen LogP contribution in [0.2, 0.25) is 0 Å². The predicted molar refractivity (Wildman–Crippen MR) is 122 cm³/mol. The van der Waals surface area contributed by atoms with Gasteiger partial charge in [0.2, 0.25) is 5.95 Å². The SMILES string of the molecule is CC1(O)CC(Nc2nc(N3CCS(=N)(=O)CC3)c3cnn(-c4cccc(C(F)(F)F)c4)c3n2)C1. The van der Waals surface area contributed by atoms with Crippen molar-refractivity contribution in [2.75, 3.05) is 34.8 Å². The van der Waals surface area contributed by atoms with E-state index in [0.717, 1.165) is 12.1 Å². The minimum Gasteiger partial charge on any atom is -0.390 e. The zero-order chi connectivity index (χ0) is 24.3. The highest BCUT2D eigenvalue weighted by atomic mass is 32.2. The highest BCUT2D eigenvalue weighted by Crippen LogP contribution is 2.35. The molecule has 9 nitrogen and oxygen atoms in total. The minimum atomic E-state index is -4.50. The number of nitrogens with zero attached hydrogens (tertiary/aromatic N) is 5. The lowest BCUT2D eigenvalue weighted by Gasteiger charge is -2.41. The van der Waals surface area contributed by atoms with Crippen molar-refractivity contribution in [2.24, 2.45) is 0 Å². The second-order valence-electron chi connectivity index (χ2n) is 9.17. The van der Waals surface area contributed by atoms with Crippen molar-refractivity contribution in [3.05, 3.63) is 36.0 Å². The van der Waals surface area contributed by atoms with Crippen LogP contribution in [0, 0.1) is 4.78 Å². The standard InChI is InChI=1S/C21H24F3N7O2S/c1-20(32)10-14(11-20)27-19-28-17(30-5-7-34(25,33)8-6-30)16-12-26-31(18(16)29-19)15-4-2-3-13(9-15)21(22,23)24/h2-4,9,12,14,25,32H,5-8,10-11H2,1H3,(H,27,28,29). The fraction of sp³-hybridized carbons (Fsp3) is 0.476. The lowest BCUT2D eigenvalue weighted by atomic mass is 9.77. The van der Waals surface area contributed by atoms with Crippen LogP contribution in [-0.4, -0.2) is 65.3 Å². The molecule has 1 aromatic carbocycles. The van der Waals surface area contributed by atoms with Crippen molar-refractivity contribution in [1.82, 2.24) is 19.7 Å². The lowest BCUT2D eigenvalue weighted by Crippen LogP contribution is -2.48. The first-order chi connectivity index (χ1) is 15.9. The molecule has 0 atom stereocenters. The van der Waals surface area contributed by atoms with E-state index < -0.39 is 27.1 Å². The minimum absolute atomic E-state index is 0.0430. The first-order valence-corrected chi connectivity index (χ1v) is 12.7. The number of halogens is 3. The molecule has 2 aliphatic rings. The first-order valence-electron chi connectivity index (χ1n) is 10.8. The van der Waals surface area contributed by atoms with Crippen molar-refractivity contribution in [3.8, 4) is 5.69 Å². The molecule has 13 heteroatoms. The molecular formula is C21H24F3N7O2S. The summed E-state index contributed by atoms with van der Waals surface area (Å²) in [4.78, 5) is 11.1. The molecule has 2 aromatic heterocycles. The molecule has 34 heavy (non-hydrogen) atoms. The van der Waals surface area contributed by atoms with Crippen LogP contribution in [0.3, 0.4) is 0 Å². The smallest absolute Gasteiger partial charge is 0.390 e. The fourth-order valence-corrected chi connectivity index (χ4v) is 5.66. The van der Waals surface area contributed by atoms with Gasteiger partial charge in [0.1, 0.15) is 5.82 Å². The fourth-order valence-electron chi connectivity index (χ4n) is 4.43. The van der Waals surface area contributed by atoms with E-state index in [2.05, 4.69) is 20.4 Å². The topological polar surface area (TPSA) is 120 Å². The highest BCUT2D eigenvalue weighted by molar-refractivity contribution is 7.92. The molecule has 3 aromatic rings. The molecule has 0 amide bonds. The van der Waals surface area contributed by atoms with Gasteiger partial charge in [-0.05, 0) is 38.0 Å². The number of alkyl halides is 3. The summed E-state index contributed by atoms with van der Waals surface area (Å²) in [6, 6.07) is 4.81. The van der Waals surface area contributed by atoms with E-state index in [4.69, 9.17) is 4.78 Å². The van der Waals surface area contributed by atoms with Crippen LogP contribution < -0.4 is 10.2 Å². The zero-order valence-electron chi connectivity index (χ0n) is 18.3. The summed E-state index contributed by atoms with van der Waals surface area (Å²) < 4.78 is 61.2. The van der Waals surface area contributed by atoms with E-state index in [-0.39, 0.29) is 29.2 Å². The maximum absolute atomic E-state index is 13.3. The van der Waals surface area contributed by atoms with Crippen LogP contribution in [0.25, 0.3) is 16.7 Å². The van der Waals surface area contributed by atoms with Crippen LogP contribution in [0.5, 0.6) is 0 Å². The number of aliphatic hydroxyl groups is 1. The summed E-state index contributed by atoms with van der Waals surface area (Å²) in [5.41, 5.74) is -1.01. The Hall–Kier alpha value is -2.93. The van der Waals surface area contributed by atoms with E-state index in [1.54, 1.807) is 6.92 Å². The molecule has 1 aliphatic carbocycles. The van der Waals surface area contributed by atoms with Crippen molar-refractivity contribution in [2.45, 2.75) is 37.6 Å². The Bertz CT molecular complexity index is 1330. The molecule has 0 spiro atoms. The van der Waals surface area contributed by atoms with E-state index in [9.17, 15) is 22.5 Å². The van der Waals surface area contributed by atoms with Gasteiger partial charge in [-0.15, -0.1) is 0 Å². The Balaban J connectivity index is 1.58. The van der Waals surface area contributed by atoms with Crippen LogP contribution in [0.4, 0.5) is 24.9 Å². The van der Waals surface area contributed by atoms with Gasteiger partial charge in [0, 0.05) is 40.4 Å². The average Bonchev–Trinajstić information content (AvgIpc) is 3.15. The van der Waals surface area contributed by atoms with Gasteiger partial charge in [0.15, 0.2) is 5.65 Å². The summed E-state index contributed by atoms with van der Waals surface area (Å²) in [6.45, 7) is 2.47. The summed E-state index contributed by atoms with van der Waals surface area (Å²) in [7, 11) is -2.63. The molecule has 1 aliphatic heterocycles. The van der Waals surface area contributed by atoms with Gasteiger partial charge in [-0.3, -0.25) is 4.78 Å². The molecule has 3 heterocycles. The normalized spacial score (nSPS) is 24.7. The van der Waals surface area contributed by atoms with Gasteiger partial charge in [-0.1, -0.05) is 6.07 Å². The van der Waals surface area contributed by atoms with Gasteiger partial charge < -0.3 is 15.3 Å². The number of aromatic nitrogens is 4. The number of anilines is 2. The maximum Gasteiger partial charge on any atom is 0.416 e. The Morgan fingerprint density at radius 1 is 1.24 bits per heavy atom. The Morgan fingerprint density at radius 2 is 1.94 bits per heavy atom. The molecule has 5 rings (SSSR count). The molecule has 182 valence electrons. The highest BCUT2D eigenvalue weighted by Gasteiger charge is 2.39. The summed E-state index contributed by atoms with van der Waals surface area (Å²) in [6.07, 6.45) is -1.96. The van der Waals surface area contributed by atoms with Crippen molar-refractivity contribution < 1.29 is 22.5 Å². The Kier molecular flexibility index (Phi) is 5.24. The summed E-state index contributed by atoms with van der Waals surface area (Å²) in [5, 5.41) is 18.1. The monoisotopic (exact) mass is 495 g/mol. The van der Waals surface area contributed by atoms with Crippen LogP contribution >= 0.6 is 0 Å². The lowest BCUT2D eigenvalue weighted by molar-refractivity contribution is -0.137. The van der Waals surface area contributed by atoms with Crippen LogP contribution in [0.1, 0.15) is 25.3 Å². The van der Waals surface area contributed by atoms with Gasteiger partial charge in [0.25, 0.3) is 0 Å². The Morgan fingerprint density at radius 3 is 2.59 bits per heavy atom. The van der Waals surface area contributed by atoms with Gasteiger partial charge in [-0.25, -0.2) is 8.89 Å². The molecule has 3 N–H and O–H groups in total. The van der Waals surface area contributed by atoms with E-state index in [1.165, 1.54) is 23.0 Å². The second-order valence-corrected chi connectivity index (χ2v) is 11.6. The third-order valence-electron chi connectivity index (χ3n) is 6.21. The zero-order valence-corrected chi connectivity index (χ0v) is 19.2. The average molecular weight is 496 g/mol. The summed E-state index contributed by atoms with van der Waals surface area (Å²) in [5.74, 6) is 1.20. The largest absolute Gasteiger partial charge is 0.416 e. The van der Waals surface area contributed by atoms with Crippen molar-refractivity contribution in [1.29, 1.82) is 4.78 Å². The van der Waals surface area contributed by atoms with Gasteiger partial charge >= 0.3 is 6.18 Å².